The molecule has 0 saturated heterocycles. The minimum absolute atomic E-state index is 0.0468. The van der Waals surface area contributed by atoms with Gasteiger partial charge in [-0.15, -0.1) is 0 Å². The van der Waals surface area contributed by atoms with Crippen LogP contribution in [0, 0.1) is 0 Å². The fraction of sp³-hybridized carbons (Fsp3) is 0.667. The van der Waals surface area contributed by atoms with Gasteiger partial charge in [0.15, 0.2) is 0 Å². The second kappa shape index (κ2) is 5.12. The molecule has 0 spiro atoms. The van der Waals surface area contributed by atoms with E-state index in [1.807, 2.05) is 0 Å². The van der Waals surface area contributed by atoms with Gasteiger partial charge in [-0.2, -0.15) is 15.0 Å². The normalized spacial score (nSPS) is 15.5. The molecule has 1 aliphatic rings. The summed E-state index contributed by atoms with van der Waals surface area (Å²) in [5, 5.41) is 0.0936. The van der Waals surface area contributed by atoms with Gasteiger partial charge in [-0.3, -0.25) is 0 Å². The zero-order valence-electron chi connectivity index (χ0n) is 8.86. The zero-order valence-corrected chi connectivity index (χ0v) is 10.4. The molecule has 0 aliphatic heterocycles. The first-order chi connectivity index (χ1) is 7.65. The number of nitrogens with zero attached hydrogens (tertiary/aromatic N) is 4. The van der Waals surface area contributed by atoms with Crippen LogP contribution >= 0.6 is 23.2 Å². The largest absolute Gasteiger partial charge is 0.462 e. The fourth-order valence-corrected chi connectivity index (χ4v) is 1.70. The zero-order chi connectivity index (χ0) is 11.5. The van der Waals surface area contributed by atoms with Crippen molar-refractivity contribution in [2.24, 2.45) is 0 Å². The Morgan fingerprint density at radius 1 is 1.25 bits per heavy atom. The molecular weight excluding hydrogens is 251 g/mol. The molecule has 88 valence electrons. The first kappa shape index (κ1) is 11.8. The lowest BCUT2D eigenvalue weighted by molar-refractivity contribution is 0.220. The Morgan fingerprint density at radius 2 is 1.88 bits per heavy atom. The molecule has 0 amide bonds. The highest BCUT2D eigenvalue weighted by Gasteiger charge is 2.25. The van der Waals surface area contributed by atoms with Crippen molar-refractivity contribution in [2.45, 2.75) is 18.9 Å². The number of rotatable bonds is 5. The second-order valence-electron chi connectivity index (χ2n) is 3.72. The first-order valence-electron chi connectivity index (χ1n) is 5.05. The molecule has 0 atom stereocenters. The van der Waals surface area contributed by atoms with Crippen LogP contribution in [-0.4, -0.2) is 46.1 Å². The van der Waals surface area contributed by atoms with Crippen LogP contribution in [-0.2, 0) is 0 Å². The first-order valence-corrected chi connectivity index (χ1v) is 5.81. The Balaban J connectivity index is 1.79. The molecule has 5 nitrogen and oxygen atoms in total. The summed E-state index contributed by atoms with van der Waals surface area (Å²) >= 11 is 11.2. The molecule has 1 aromatic rings. The Hall–Kier alpha value is -0.650. The summed E-state index contributed by atoms with van der Waals surface area (Å²) in [6.45, 7) is 1.36. The average Bonchev–Trinajstić information content (AvgIpc) is 2.98. The second-order valence-corrected chi connectivity index (χ2v) is 4.39. The Labute approximate surface area is 104 Å². The molecule has 0 bridgehead atoms. The van der Waals surface area contributed by atoms with Gasteiger partial charge in [0.25, 0.3) is 0 Å². The Kier molecular flexibility index (Phi) is 3.78. The minimum atomic E-state index is 0.0468. The molecule has 1 aliphatic carbocycles. The van der Waals surface area contributed by atoms with Crippen LogP contribution in [0.4, 0.5) is 0 Å². The third kappa shape index (κ3) is 3.43. The minimum Gasteiger partial charge on any atom is -0.462 e. The molecule has 1 saturated carbocycles. The summed E-state index contributed by atoms with van der Waals surface area (Å²) in [4.78, 5) is 13.5. The monoisotopic (exact) mass is 262 g/mol. The molecule has 0 aromatic carbocycles. The number of aromatic nitrogens is 3. The van der Waals surface area contributed by atoms with Crippen molar-refractivity contribution in [3.8, 4) is 6.01 Å². The van der Waals surface area contributed by atoms with Gasteiger partial charge in [-0.05, 0) is 43.1 Å². The smallest absolute Gasteiger partial charge is 0.322 e. The maximum absolute atomic E-state index is 5.61. The maximum atomic E-state index is 5.61. The molecule has 1 aromatic heterocycles. The van der Waals surface area contributed by atoms with E-state index < -0.39 is 0 Å². The van der Waals surface area contributed by atoms with E-state index >= 15 is 0 Å². The van der Waals surface area contributed by atoms with Gasteiger partial charge in [-0.25, -0.2) is 0 Å². The molecule has 0 radical (unpaired) electrons. The van der Waals surface area contributed by atoms with Crippen molar-refractivity contribution in [1.29, 1.82) is 0 Å². The van der Waals surface area contributed by atoms with Crippen molar-refractivity contribution < 1.29 is 4.74 Å². The summed E-state index contributed by atoms with van der Waals surface area (Å²) < 4.78 is 5.34. The number of likely N-dealkylation sites (N-methyl/N-ethyl adjacent to an activating group) is 1. The van der Waals surface area contributed by atoms with E-state index in [0.717, 1.165) is 6.54 Å². The molecule has 0 N–H and O–H groups in total. The van der Waals surface area contributed by atoms with Gasteiger partial charge in [-0.1, -0.05) is 0 Å². The summed E-state index contributed by atoms with van der Waals surface area (Å²) in [5.41, 5.74) is 0. The standard InChI is InChI=1S/C9H12Cl2N4O/c1-15(6-2-3-6)4-5-16-9-13-7(10)12-8(11)14-9/h6H,2-5H2,1H3. The lowest BCUT2D eigenvalue weighted by Crippen LogP contribution is -2.26. The van der Waals surface area contributed by atoms with Crippen molar-refractivity contribution in [3.05, 3.63) is 10.6 Å². The fourth-order valence-electron chi connectivity index (χ4n) is 1.35. The third-order valence-corrected chi connectivity index (χ3v) is 2.74. The maximum Gasteiger partial charge on any atom is 0.322 e. The van der Waals surface area contributed by atoms with Crippen LogP contribution in [0.2, 0.25) is 10.6 Å². The van der Waals surface area contributed by atoms with Gasteiger partial charge in [0, 0.05) is 12.6 Å². The van der Waals surface area contributed by atoms with Gasteiger partial charge in [0.1, 0.15) is 6.61 Å². The molecular formula is C9H12Cl2N4O. The van der Waals surface area contributed by atoms with Crippen LogP contribution in [0.15, 0.2) is 0 Å². The predicted molar refractivity (Wildman–Crippen MR) is 61.0 cm³/mol. The van der Waals surface area contributed by atoms with E-state index in [1.54, 1.807) is 0 Å². The predicted octanol–water partition coefficient (Wildman–Crippen LogP) is 1.65. The topological polar surface area (TPSA) is 51.1 Å². The molecule has 16 heavy (non-hydrogen) atoms. The van der Waals surface area contributed by atoms with E-state index in [2.05, 4.69) is 26.9 Å². The summed E-state index contributed by atoms with van der Waals surface area (Å²) in [5.74, 6) is 0. The van der Waals surface area contributed by atoms with Gasteiger partial charge < -0.3 is 9.64 Å². The molecule has 1 heterocycles. The quantitative estimate of drug-likeness (QED) is 0.808. The van der Waals surface area contributed by atoms with Crippen LogP contribution in [0.25, 0.3) is 0 Å². The van der Waals surface area contributed by atoms with E-state index in [9.17, 15) is 0 Å². The number of hydrogen-bond acceptors (Lipinski definition) is 5. The molecule has 1 fully saturated rings. The summed E-state index contributed by atoms with van der Waals surface area (Å²) in [6, 6.07) is 0.892. The van der Waals surface area contributed by atoms with Gasteiger partial charge in [0.05, 0.1) is 0 Å². The van der Waals surface area contributed by atoms with Crippen molar-refractivity contribution >= 4 is 23.2 Å². The van der Waals surface area contributed by atoms with E-state index in [-0.39, 0.29) is 16.6 Å². The van der Waals surface area contributed by atoms with Gasteiger partial charge >= 0.3 is 6.01 Å². The summed E-state index contributed by atoms with van der Waals surface area (Å²) in [7, 11) is 2.08. The van der Waals surface area contributed by atoms with Crippen LogP contribution < -0.4 is 4.74 Å². The van der Waals surface area contributed by atoms with Crippen molar-refractivity contribution in [1.82, 2.24) is 19.9 Å². The highest BCUT2D eigenvalue weighted by atomic mass is 35.5. The highest BCUT2D eigenvalue weighted by molar-refractivity contribution is 6.31. The highest BCUT2D eigenvalue weighted by Crippen LogP contribution is 2.24. The van der Waals surface area contributed by atoms with Crippen LogP contribution in [0.3, 0.4) is 0 Å². The van der Waals surface area contributed by atoms with Crippen molar-refractivity contribution in [3.63, 3.8) is 0 Å². The number of hydrogen-bond donors (Lipinski definition) is 0. The Morgan fingerprint density at radius 3 is 2.44 bits per heavy atom. The number of ether oxygens (including phenoxy) is 1. The number of halogens is 2. The third-order valence-electron chi connectivity index (χ3n) is 2.41. The summed E-state index contributed by atoms with van der Waals surface area (Å²) in [6.07, 6.45) is 2.56. The average molecular weight is 263 g/mol. The van der Waals surface area contributed by atoms with E-state index in [0.29, 0.717) is 12.6 Å². The van der Waals surface area contributed by atoms with Crippen molar-refractivity contribution in [2.75, 3.05) is 20.2 Å². The molecule has 2 rings (SSSR count). The van der Waals surface area contributed by atoms with Crippen LogP contribution in [0.5, 0.6) is 6.01 Å². The lowest BCUT2D eigenvalue weighted by Gasteiger charge is -2.14. The SMILES string of the molecule is CN(CCOc1nc(Cl)nc(Cl)n1)C1CC1. The molecule has 7 heteroatoms. The molecule has 0 unspecified atom stereocenters. The van der Waals surface area contributed by atoms with Crippen LogP contribution in [0.1, 0.15) is 12.8 Å². The van der Waals surface area contributed by atoms with E-state index in [1.165, 1.54) is 12.8 Å². The van der Waals surface area contributed by atoms with Gasteiger partial charge in [0.2, 0.25) is 10.6 Å². The van der Waals surface area contributed by atoms with E-state index in [4.69, 9.17) is 27.9 Å². The Bertz CT molecular complexity index is 352. The lowest BCUT2D eigenvalue weighted by atomic mass is 10.5.